The molecule has 0 bridgehead atoms. The number of rotatable bonds is 1. The molecule has 0 atom stereocenters. The van der Waals surface area contributed by atoms with Crippen LogP contribution in [0.25, 0.3) is 0 Å². The van der Waals surface area contributed by atoms with Crippen molar-refractivity contribution in [1.29, 1.82) is 0 Å². The Morgan fingerprint density at radius 1 is 1.46 bits per heavy atom. The molecule has 13 heavy (non-hydrogen) atoms. The fourth-order valence-corrected chi connectivity index (χ4v) is 4.01. The zero-order valence-electron chi connectivity index (χ0n) is 7.77. The summed E-state index contributed by atoms with van der Waals surface area (Å²) in [6.07, 6.45) is 2.58. The predicted octanol–water partition coefficient (Wildman–Crippen LogP) is 3.29. The van der Waals surface area contributed by atoms with Gasteiger partial charge < -0.3 is 5.32 Å². The quantitative estimate of drug-likeness (QED) is 0.817. The van der Waals surface area contributed by atoms with Gasteiger partial charge in [-0.1, -0.05) is 0 Å². The average molecular weight is 260 g/mol. The van der Waals surface area contributed by atoms with Crippen molar-refractivity contribution in [3.05, 3.63) is 20.3 Å². The van der Waals surface area contributed by atoms with Crippen molar-refractivity contribution < 1.29 is 0 Å². The van der Waals surface area contributed by atoms with Gasteiger partial charge >= 0.3 is 0 Å². The molecule has 0 aromatic carbocycles. The summed E-state index contributed by atoms with van der Waals surface area (Å²) in [6.45, 7) is 4.53. The van der Waals surface area contributed by atoms with Crippen LogP contribution < -0.4 is 5.32 Å². The number of halogens is 1. The van der Waals surface area contributed by atoms with Crippen molar-refractivity contribution in [3.63, 3.8) is 0 Å². The largest absolute Gasteiger partial charge is 0.317 e. The molecule has 0 aliphatic carbocycles. The van der Waals surface area contributed by atoms with Crippen molar-refractivity contribution in [2.75, 3.05) is 13.1 Å². The highest BCUT2D eigenvalue weighted by Gasteiger charge is 2.19. The van der Waals surface area contributed by atoms with E-state index in [-0.39, 0.29) is 0 Å². The monoisotopic (exact) mass is 259 g/mol. The summed E-state index contributed by atoms with van der Waals surface area (Å²) in [5.74, 6) is 0.786. The maximum atomic E-state index is 3.64. The van der Waals surface area contributed by atoms with Gasteiger partial charge in [-0.25, -0.2) is 0 Å². The van der Waals surface area contributed by atoms with Gasteiger partial charge in [0.25, 0.3) is 0 Å². The number of hydrogen-bond acceptors (Lipinski definition) is 2. The molecule has 0 unspecified atom stereocenters. The lowest BCUT2D eigenvalue weighted by molar-refractivity contribution is 0.464. The molecule has 1 saturated heterocycles. The summed E-state index contributed by atoms with van der Waals surface area (Å²) >= 11 is 5.59. The van der Waals surface area contributed by atoms with Gasteiger partial charge in [0.15, 0.2) is 0 Å². The summed E-state index contributed by atoms with van der Waals surface area (Å²) in [6, 6.07) is 2.24. The number of piperidine rings is 1. The Labute approximate surface area is 91.7 Å². The van der Waals surface area contributed by atoms with E-state index in [1.54, 1.807) is 4.88 Å². The van der Waals surface area contributed by atoms with E-state index in [4.69, 9.17) is 0 Å². The van der Waals surface area contributed by atoms with Crippen molar-refractivity contribution in [2.24, 2.45) is 0 Å². The lowest BCUT2D eigenvalue weighted by Crippen LogP contribution is -2.26. The third-order valence-corrected chi connectivity index (χ3v) is 4.68. The van der Waals surface area contributed by atoms with Gasteiger partial charge in [-0.05, 0) is 60.8 Å². The first kappa shape index (κ1) is 9.69. The molecule has 1 aliphatic rings. The van der Waals surface area contributed by atoms with Crippen LogP contribution in [0.15, 0.2) is 10.5 Å². The highest BCUT2D eigenvalue weighted by molar-refractivity contribution is 9.10. The van der Waals surface area contributed by atoms with E-state index in [0.29, 0.717) is 0 Å². The predicted molar refractivity (Wildman–Crippen MR) is 61.6 cm³/mol. The number of nitrogens with one attached hydrogen (secondary N) is 1. The van der Waals surface area contributed by atoms with Crippen LogP contribution in [0.4, 0.5) is 0 Å². The third kappa shape index (κ3) is 2.14. The van der Waals surface area contributed by atoms with Crippen molar-refractivity contribution in [3.8, 4) is 0 Å². The molecule has 1 aliphatic heterocycles. The van der Waals surface area contributed by atoms with Crippen LogP contribution in [0.2, 0.25) is 0 Å². The Kier molecular flexibility index (Phi) is 3.06. The van der Waals surface area contributed by atoms with Gasteiger partial charge in [-0.15, -0.1) is 11.3 Å². The molecule has 0 amide bonds. The molecular formula is C10H14BrNS. The second-order valence-electron chi connectivity index (χ2n) is 3.59. The van der Waals surface area contributed by atoms with Gasteiger partial charge in [-0.3, -0.25) is 0 Å². The summed E-state index contributed by atoms with van der Waals surface area (Å²) in [7, 11) is 0. The van der Waals surface area contributed by atoms with E-state index in [1.807, 2.05) is 11.3 Å². The molecule has 1 aromatic rings. The highest BCUT2D eigenvalue weighted by Crippen LogP contribution is 2.37. The SMILES string of the molecule is Cc1cc(Br)c(C2CCNCC2)s1. The second-order valence-corrected chi connectivity index (χ2v) is 5.74. The van der Waals surface area contributed by atoms with E-state index in [0.717, 1.165) is 5.92 Å². The van der Waals surface area contributed by atoms with Gasteiger partial charge in [0.2, 0.25) is 0 Å². The lowest BCUT2D eigenvalue weighted by atomic mass is 9.97. The van der Waals surface area contributed by atoms with Crippen LogP contribution in [-0.2, 0) is 0 Å². The zero-order valence-corrected chi connectivity index (χ0v) is 10.2. The average Bonchev–Trinajstić information content (AvgIpc) is 2.47. The standard InChI is InChI=1S/C10H14BrNS/c1-7-6-9(11)10(13-7)8-2-4-12-5-3-8/h6,8,12H,2-5H2,1H3. The molecule has 72 valence electrons. The Balaban J connectivity index is 2.18. The van der Waals surface area contributed by atoms with Gasteiger partial charge in [-0.2, -0.15) is 0 Å². The first-order valence-corrected chi connectivity index (χ1v) is 6.35. The number of hydrogen-bond donors (Lipinski definition) is 1. The molecule has 1 fully saturated rings. The minimum absolute atomic E-state index is 0.786. The van der Waals surface area contributed by atoms with Gasteiger partial charge in [0, 0.05) is 14.2 Å². The van der Waals surface area contributed by atoms with Gasteiger partial charge in [0.05, 0.1) is 0 Å². The molecule has 0 saturated carbocycles. The molecule has 3 heteroatoms. The van der Waals surface area contributed by atoms with Crippen LogP contribution >= 0.6 is 27.3 Å². The molecule has 1 aromatic heterocycles. The third-order valence-electron chi connectivity index (χ3n) is 2.55. The van der Waals surface area contributed by atoms with Crippen molar-refractivity contribution in [1.82, 2.24) is 5.32 Å². The summed E-state index contributed by atoms with van der Waals surface area (Å²) < 4.78 is 1.32. The Bertz CT molecular complexity index is 289. The lowest BCUT2D eigenvalue weighted by Gasteiger charge is -2.21. The second kappa shape index (κ2) is 4.11. The summed E-state index contributed by atoms with van der Waals surface area (Å²) in [4.78, 5) is 2.97. The molecule has 2 heterocycles. The Hall–Kier alpha value is 0.140. The minimum atomic E-state index is 0.786. The van der Waals surface area contributed by atoms with Crippen LogP contribution in [0.1, 0.15) is 28.5 Å². The van der Waals surface area contributed by atoms with E-state index in [1.165, 1.54) is 35.3 Å². The van der Waals surface area contributed by atoms with Gasteiger partial charge in [0.1, 0.15) is 0 Å². The molecule has 0 spiro atoms. The fourth-order valence-electron chi connectivity index (χ4n) is 1.86. The summed E-state index contributed by atoms with van der Waals surface area (Å²) in [5.41, 5.74) is 0. The zero-order chi connectivity index (χ0) is 9.26. The molecule has 0 radical (unpaired) electrons. The molecule has 1 nitrogen and oxygen atoms in total. The highest BCUT2D eigenvalue weighted by atomic mass is 79.9. The molecule has 2 rings (SSSR count). The molecular weight excluding hydrogens is 246 g/mol. The first-order chi connectivity index (χ1) is 6.27. The number of aryl methyl sites for hydroxylation is 1. The smallest absolute Gasteiger partial charge is 0.0320 e. The van der Waals surface area contributed by atoms with E-state index in [9.17, 15) is 0 Å². The normalized spacial score (nSPS) is 19.2. The van der Waals surface area contributed by atoms with Crippen LogP contribution in [-0.4, -0.2) is 13.1 Å². The summed E-state index contributed by atoms with van der Waals surface area (Å²) in [5, 5.41) is 3.40. The van der Waals surface area contributed by atoms with Crippen LogP contribution in [0.3, 0.4) is 0 Å². The fraction of sp³-hybridized carbons (Fsp3) is 0.600. The van der Waals surface area contributed by atoms with E-state index < -0.39 is 0 Å². The Morgan fingerprint density at radius 3 is 2.69 bits per heavy atom. The van der Waals surface area contributed by atoms with Crippen LogP contribution in [0.5, 0.6) is 0 Å². The van der Waals surface area contributed by atoms with Crippen molar-refractivity contribution >= 4 is 27.3 Å². The first-order valence-electron chi connectivity index (χ1n) is 4.74. The Morgan fingerprint density at radius 2 is 2.15 bits per heavy atom. The van der Waals surface area contributed by atoms with E-state index >= 15 is 0 Å². The van der Waals surface area contributed by atoms with E-state index in [2.05, 4.69) is 34.2 Å². The number of thiophene rings is 1. The van der Waals surface area contributed by atoms with Crippen LogP contribution in [0, 0.1) is 6.92 Å². The topological polar surface area (TPSA) is 12.0 Å². The van der Waals surface area contributed by atoms with Crippen molar-refractivity contribution in [2.45, 2.75) is 25.7 Å². The minimum Gasteiger partial charge on any atom is -0.317 e. The molecule has 1 N–H and O–H groups in total. The maximum Gasteiger partial charge on any atom is 0.0320 e. The maximum absolute atomic E-state index is 3.64.